The molecule has 1 amide bonds. The zero-order chi connectivity index (χ0) is 14.5. The number of hydrogen-bond donors (Lipinski definition) is 3. The lowest BCUT2D eigenvalue weighted by Gasteiger charge is -2.08. The van der Waals surface area contributed by atoms with Crippen LogP contribution in [0, 0.1) is 0 Å². The molecule has 0 saturated heterocycles. The quantitative estimate of drug-likeness (QED) is 0.759. The maximum absolute atomic E-state index is 11.9. The maximum Gasteiger partial charge on any atom is 0.259 e. The molecule has 2 aromatic carbocycles. The molecule has 0 aliphatic carbocycles. The van der Waals surface area contributed by atoms with E-state index in [4.69, 9.17) is 11.6 Å². The van der Waals surface area contributed by atoms with Crippen molar-refractivity contribution in [3.05, 3.63) is 59.2 Å². The Labute approximate surface area is 121 Å². The van der Waals surface area contributed by atoms with Crippen molar-refractivity contribution in [1.82, 2.24) is 5.32 Å². The van der Waals surface area contributed by atoms with E-state index < -0.39 is 5.91 Å². The van der Waals surface area contributed by atoms with Crippen molar-refractivity contribution < 1.29 is 15.0 Å². The largest absolute Gasteiger partial charge is 0.507 e. The van der Waals surface area contributed by atoms with E-state index in [9.17, 15) is 15.0 Å². The third-order valence-corrected chi connectivity index (χ3v) is 3.19. The molecule has 2 rings (SSSR count). The summed E-state index contributed by atoms with van der Waals surface area (Å²) in [5.74, 6) is -0.583. The predicted octanol–water partition coefficient (Wildman–Crippen LogP) is 2.77. The van der Waals surface area contributed by atoms with E-state index in [1.54, 1.807) is 0 Å². The maximum atomic E-state index is 11.9. The highest BCUT2D eigenvalue weighted by atomic mass is 35.5. The fourth-order valence-electron chi connectivity index (χ4n) is 1.78. The van der Waals surface area contributed by atoms with E-state index in [0.717, 1.165) is 11.1 Å². The second-order valence-electron chi connectivity index (χ2n) is 4.30. The topological polar surface area (TPSA) is 69.6 Å². The fourth-order valence-corrected chi connectivity index (χ4v) is 1.96. The van der Waals surface area contributed by atoms with E-state index in [-0.39, 0.29) is 17.1 Å². The molecule has 0 saturated carbocycles. The minimum atomic E-state index is -0.526. The Morgan fingerprint density at radius 2 is 1.55 bits per heavy atom. The van der Waals surface area contributed by atoms with Crippen LogP contribution in [0.25, 0.3) is 0 Å². The van der Waals surface area contributed by atoms with E-state index in [1.807, 2.05) is 24.3 Å². The molecule has 0 aromatic heterocycles. The summed E-state index contributed by atoms with van der Waals surface area (Å²) in [4.78, 5) is 11.9. The molecular formula is C15H14ClNO3. The number of carbonyl (C=O) groups excluding carboxylic acids is 1. The van der Waals surface area contributed by atoms with Gasteiger partial charge >= 0.3 is 0 Å². The van der Waals surface area contributed by atoms with Gasteiger partial charge in [-0.1, -0.05) is 30.3 Å². The summed E-state index contributed by atoms with van der Waals surface area (Å²) in [5, 5.41) is 21.8. The number of halogens is 1. The average molecular weight is 292 g/mol. The lowest BCUT2D eigenvalue weighted by molar-refractivity contribution is 0.0945. The van der Waals surface area contributed by atoms with Crippen LogP contribution in [0.5, 0.6) is 11.5 Å². The summed E-state index contributed by atoms with van der Waals surface area (Å²) in [6.07, 6.45) is 0. The number of benzene rings is 2. The van der Waals surface area contributed by atoms with Gasteiger partial charge in [-0.05, 0) is 23.3 Å². The van der Waals surface area contributed by atoms with Gasteiger partial charge in [0.1, 0.15) is 17.1 Å². The van der Waals surface area contributed by atoms with Gasteiger partial charge < -0.3 is 15.5 Å². The van der Waals surface area contributed by atoms with Crippen molar-refractivity contribution in [2.24, 2.45) is 0 Å². The van der Waals surface area contributed by atoms with Crippen LogP contribution in [0.3, 0.4) is 0 Å². The Hall–Kier alpha value is -2.20. The Balaban J connectivity index is 2.05. The minimum absolute atomic E-state index is 0.120. The molecule has 0 spiro atoms. The van der Waals surface area contributed by atoms with Gasteiger partial charge in [0.25, 0.3) is 5.91 Å². The second-order valence-corrected chi connectivity index (χ2v) is 4.57. The zero-order valence-electron chi connectivity index (χ0n) is 10.6. The second kappa shape index (κ2) is 6.30. The van der Waals surface area contributed by atoms with Crippen molar-refractivity contribution in [3.63, 3.8) is 0 Å². The molecule has 2 aromatic rings. The molecule has 4 nitrogen and oxygen atoms in total. The van der Waals surface area contributed by atoms with E-state index in [0.29, 0.717) is 12.4 Å². The number of aromatic hydroxyl groups is 2. The normalized spacial score (nSPS) is 10.2. The van der Waals surface area contributed by atoms with Crippen molar-refractivity contribution in [2.45, 2.75) is 12.4 Å². The summed E-state index contributed by atoms with van der Waals surface area (Å²) in [7, 11) is 0. The van der Waals surface area contributed by atoms with Crippen molar-refractivity contribution in [1.29, 1.82) is 0 Å². The number of nitrogens with one attached hydrogen (secondary N) is 1. The number of rotatable bonds is 4. The van der Waals surface area contributed by atoms with Gasteiger partial charge in [0.2, 0.25) is 0 Å². The van der Waals surface area contributed by atoms with E-state index >= 15 is 0 Å². The number of hydrogen-bond acceptors (Lipinski definition) is 3. The van der Waals surface area contributed by atoms with Crippen LogP contribution in [-0.4, -0.2) is 16.1 Å². The van der Waals surface area contributed by atoms with Gasteiger partial charge in [-0.15, -0.1) is 11.6 Å². The first-order valence-electron chi connectivity index (χ1n) is 6.04. The average Bonchev–Trinajstić information content (AvgIpc) is 2.45. The highest BCUT2D eigenvalue weighted by Gasteiger charge is 2.15. The summed E-state index contributed by atoms with van der Waals surface area (Å²) in [5.41, 5.74) is 1.78. The predicted molar refractivity (Wildman–Crippen MR) is 76.9 cm³/mol. The Morgan fingerprint density at radius 3 is 2.10 bits per heavy atom. The Morgan fingerprint density at radius 1 is 1.00 bits per heavy atom. The molecule has 0 radical (unpaired) electrons. The Kier molecular flexibility index (Phi) is 4.48. The molecule has 0 unspecified atom stereocenters. The molecule has 3 N–H and O–H groups in total. The molecule has 0 fully saturated rings. The van der Waals surface area contributed by atoms with Crippen LogP contribution in [0.4, 0.5) is 0 Å². The van der Waals surface area contributed by atoms with Crippen molar-refractivity contribution in [2.75, 3.05) is 0 Å². The molecule has 5 heteroatoms. The van der Waals surface area contributed by atoms with Crippen molar-refractivity contribution >= 4 is 17.5 Å². The van der Waals surface area contributed by atoms with Gasteiger partial charge in [-0.3, -0.25) is 4.79 Å². The Bertz CT molecular complexity index is 591. The summed E-state index contributed by atoms with van der Waals surface area (Å²) in [6.45, 7) is 0.301. The monoisotopic (exact) mass is 291 g/mol. The lowest BCUT2D eigenvalue weighted by atomic mass is 10.1. The van der Waals surface area contributed by atoms with Crippen molar-refractivity contribution in [3.8, 4) is 11.5 Å². The fraction of sp³-hybridized carbons (Fsp3) is 0.133. The van der Waals surface area contributed by atoms with Crippen LogP contribution in [0.2, 0.25) is 0 Å². The molecule has 0 aliphatic rings. The van der Waals surface area contributed by atoms with Gasteiger partial charge in [-0.25, -0.2) is 0 Å². The van der Waals surface area contributed by atoms with Crippen LogP contribution >= 0.6 is 11.6 Å². The zero-order valence-corrected chi connectivity index (χ0v) is 11.4. The molecule has 20 heavy (non-hydrogen) atoms. The molecule has 0 aliphatic heterocycles. The SMILES string of the molecule is O=C(NCc1ccc(CCl)cc1)c1c(O)cccc1O. The first kappa shape index (κ1) is 14.2. The standard InChI is InChI=1S/C15H14ClNO3/c16-8-10-4-6-11(7-5-10)9-17-15(20)14-12(18)2-1-3-13(14)19/h1-7,18-19H,8-9H2,(H,17,20). The van der Waals surface area contributed by atoms with Crippen LogP contribution in [0.1, 0.15) is 21.5 Å². The van der Waals surface area contributed by atoms with Gasteiger partial charge in [0.15, 0.2) is 0 Å². The van der Waals surface area contributed by atoms with Gasteiger partial charge in [0.05, 0.1) is 0 Å². The van der Waals surface area contributed by atoms with Crippen LogP contribution in [-0.2, 0) is 12.4 Å². The number of phenols is 2. The number of amides is 1. The van der Waals surface area contributed by atoms with E-state index in [2.05, 4.69) is 5.32 Å². The molecule has 0 heterocycles. The number of phenolic OH excluding ortho intramolecular Hbond substituents is 2. The lowest BCUT2D eigenvalue weighted by Crippen LogP contribution is -2.23. The smallest absolute Gasteiger partial charge is 0.259 e. The first-order chi connectivity index (χ1) is 9.61. The van der Waals surface area contributed by atoms with Gasteiger partial charge in [0, 0.05) is 12.4 Å². The first-order valence-corrected chi connectivity index (χ1v) is 6.58. The van der Waals surface area contributed by atoms with E-state index in [1.165, 1.54) is 18.2 Å². The van der Waals surface area contributed by atoms with Gasteiger partial charge in [-0.2, -0.15) is 0 Å². The molecule has 104 valence electrons. The highest BCUT2D eigenvalue weighted by Crippen LogP contribution is 2.25. The van der Waals surface area contributed by atoms with Crippen LogP contribution in [0.15, 0.2) is 42.5 Å². The minimum Gasteiger partial charge on any atom is -0.507 e. The number of alkyl halides is 1. The summed E-state index contributed by atoms with van der Waals surface area (Å²) < 4.78 is 0. The van der Waals surface area contributed by atoms with Crippen LogP contribution < -0.4 is 5.32 Å². The molecular weight excluding hydrogens is 278 g/mol. The molecule has 0 bridgehead atoms. The number of carbonyl (C=O) groups is 1. The third kappa shape index (κ3) is 3.22. The summed E-state index contributed by atoms with van der Waals surface area (Å²) >= 11 is 5.70. The summed E-state index contributed by atoms with van der Waals surface area (Å²) in [6, 6.07) is 11.7. The third-order valence-electron chi connectivity index (χ3n) is 2.88. The molecule has 0 atom stereocenters. The highest BCUT2D eigenvalue weighted by molar-refractivity contribution is 6.17.